The molecule has 3 aromatic heterocycles. The van der Waals surface area contributed by atoms with Gasteiger partial charge < -0.3 is 8.80 Å². The van der Waals surface area contributed by atoms with E-state index < -0.39 is 0 Å². The van der Waals surface area contributed by atoms with Crippen molar-refractivity contribution < 1.29 is 0 Å². The summed E-state index contributed by atoms with van der Waals surface area (Å²) in [5.74, 6) is 0. The molecule has 3 aromatic carbocycles. The summed E-state index contributed by atoms with van der Waals surface area (Å²) in [5, 5.41) is 0. The van der Waals surface area contributed by atoms with Gasteiger partial charge in [-0.15, -0.1) is 0 Å². The first-order valence-corrected chi connectivity index (χ1v) is 9.56. The highest BCUT2D eigenvalue weighted by Crippen LogP contribution is 2.34. The summed E-state index contributed by atoms with van der Waals surface area (Å²) in [5.41, 5.74) is 9.76. The number of aromatic nitrogens is 2. The van der Waals surface area contributed by atoms with Crippen LogP contribution in [0.5, 0.6) is 0 Å². The van der Waals surface area contributed by atoms with E-state index in [2.05, 4.69) is 118 Å². The minimum absolute atomic E-state index is 1.21. The molecule has 0 saturated heterocycles. The number of para-hydroxylation sites is 2. The van der Waals surface area contributed by atoms with Gasteiger partial charge in [0.2, 0.25) is 0 Å². The number of hydrogen-bond acceptors (Lipinski definition) is 0. The van der Waals surface area contributed by atoms with Gasteiger partial charge in [0.25, 0.3) is 0 Å². The number of benzene rings is 3. The second-order valence-corrected chi connectivity index (χ2v) is 7.10. The molecule has 0 atom stereocenters. The van der Waals surface area contributed by atoms with Gasteiger partial charge in [0, 0.05) is 0 Å². The molecule has 0 N–H and O–H groups in total. The Morgan fingerprint density at radius 2 is 0.679 bits per heavy atom. The van der Waals surface area contributed by atoms with Crippen molar-refractivity contribution in [2.45, 2.75) is 0 Å². The third kappa shape index (κ3) is 2.09. The number of hydrogen-bond donors (Lipinski definition) is 0. The number of fused-ring (bicyclic) bond motifs is 6. The third-order valence-corrected chi connectivity index (χ3v) is 5.53. The minimum Gasteiger partial charge on any atom is -0.306 e. The predicted octanol–water partition coefficient (Wildman–Crippen LogP) is 6.68. The largest absolute Gasteiger partial charge is 0.306 e. The quantitative estimate of drug-likeness (QED) is 0.326. The zero-order valence-corrected chi connectivity index (χ0v) is 15.3. The maximum Gasteiger partial charge on any atom is 0.0704 e. The van der Waals surface area contributed by atoms with Crippen LogP contribution in [-0.2, 0) is 0 Å². The van der Waals surface area contributed by atoms with E-state index in [1.807, 2.05) is 0 Å². The molecule has 0 aliphatic heterocycles. The Labute approximate surface area is 162 Å². The van der Waals surface area contributed by atoms with E-state index in [9.17, 15) is 0 Å². The van der Waals surface area contributed by atoms with Crippen LogP contribution in [0.1, 0.15) is 0 Å². The molecule has 0 radical (unpaired) electrons. The average Bonchev–Trinajstić information content (AvgIpc) is 3.40. The minimum atomic E-state index is 1.21. The zero-order valence-electron chi connectivity index (χ0n) is 15.3. The van der Waals surface area contributed by atoms with Crippen LogP contribution in [-0.4, -0.2) is 8.80 Å². The Morgan fingerprint density at radius 1 is 0.321 bits per heavy atom. The third-order valence-electron chi connectivity index (χ3n) is 5.53. The first-order chi connectivity index (χ1) is 13.9. The van der Waals surface area contributed by atoms with E-state index in [0.717, 1.165) is 0 Å². The van der Waals surface area contributed by atoms with Crippen LogP contribution in [0.3, 0.4) is 0 Å². The highest BCUT2D eigenvalue weighted by Gasteiger charge is 2.15. The van der Waals surface area contributed by atoms with Crippen LogP contribution in [0.15, 0.2) is 109 Å². The zero-order chi connectivity index (χ0) is 18.5. The molecule has 3 heterocycles. The maximum absolute atomic E-state index is 2.38. The number of rotatable bonds is 2. The van der Waals surface area contributed by atoms with Crippen molar-refractivity contribution in [1.29, 1.82) is 0 Å². The van der Waals surface area contributed by atoms with Gasteiger partial charge in [0.1, 0.15) is 0 Å². The van der Waals surface area contributed by atoms with E-state index in [1.165, 1.54) is 44.6 Å². The monoisotopic (exact) mass is 358 g/mol. The van der Waals surface area contributed by atoms with E-state index in [-0.39, 0.29) is 0 Å². The Morgan fingerprint density at radius 3 is 1.11 bits per heavy atom. The summed E-state index contributed by atoms with van der Waals surface area (Å²) in [6.45, 7) is 0. The van der Waals surface area contributed by atoms with Crippen LogP contribution >= 0.6 is 0 Å². The van der Waals surface area contributed by atoms with Gasteiger partial charge in [-0.25, -0.2) is 0 Å². The molecule has 0 aliphatic rings. The van der Waals surface area contributed by atoms with Crippen LogP contribution < -0.4 is 0 Å². The Balaban J connectivity index is 1.80. The van der Waals surface area contributed by atoms with Gasteiger partial charge in [0.15, 0.2) is 0 Å². The molecular weight excluding hydrogens is 340 g/mol. The highest BCUT2D eigenvalue weighted by atomic mass is 15.0. The fourth-order valence-corrected chi connectivity index (χ4v) is 4.30. The average molecular weight is 358 g/mol. The van der Waals surface area contributed by atoms with Crippen molar-refractivity contribution in [1.82, 2.24) is 8.80 Å². The highest BCUT2D eigenvalue weighted by molar-refractivity contribution is 5.94. The fourth-order valence-electron chi connectivity index (χ4n) is 4.30. The van der Waals surface area contributed by atoms with Crippen molar-refractivity contribution in [2.24, 2.45) is 0 Å². The summed E-state index contributed by atoms with van der Waals surface area (Å²) in [7, 11) is 0. The van der Waals surface area contributed by atoms with Crippen LogP contribution in [0, 0.1) is 0 Å². The van der Waals surface area contributed by atoms with E-state index in [4.69, 9.17) is 0 Å². The number of nitrogens with zero attached hydrogens (tertiary/aromatic N) is 2. The predicted molar refractivity (Wildman–Crippen MR) is 117 cm³/mol. The molecule has 0 saturated carbocycles. The normalized spacial score (nSPS) is 11.6. The van der Waals surface area contributed by atoms with Crippen molar-refractivity contribution >= 4 is 22.1 Å². The van der Waals surface area contributed by atoms with Gasteiger partial charge >= 0.3 is 0 Å². The molecule has 28 heavy (non-hydrogen) atoms. The van der Waals surface area contributed by atoms with Gasteiger partial charge in [-0.2, -0.15) is 0 Å². The van der Waals surface area contributed by atoms with Crippen molar-refractivity contribution in [3.05, 3.63) is 109 Å². The van der Waals surface area contributed by atoms with Gasteiger partial charge in [-0.3, -0.25) is 0 Å². The Hall–Kier alpha value is -3.78. The molecule has 0 spiro atoms. The van der Waals surface area contributed by atoms with Gasteiger partial charge in [0.05, 0.1) is 33.5 Å². The SMILES string of the molecule is c1ccc(-c2ccc3c4ccc(-c5ccccc5)n4c4ccccc4n23)cc1. The summed E-state index contributed by atoms with van der Waals surface area (Å²) in [6.07, 6.45) is 0. The second kappa shape index (κ2) is 5.86. The molecule has 6 aromatic rings. The molecule has 132 valence electrons. The lowest BCUT2D eigenvalue weighted by molar-refractivity contribution is 1.20. The molecule has 0 aliphatic carbocycles. The smallest absolute Gasteiger partial charge is 0.0704 e. The standard InChI is InChI=1S/C26H18N2/c1-3-9-19(10-4-1)21-15-17-25-26-18-16-22(20-11-5-2-6-12-20)28(26)24-14-8-7-13-23(24)27(21)25/h1-18H. The molecule has 0 bridgehead atoms. The fraction of sp³-hybridized carbons (Fsp3) is 0. The summed E-state index contributed by atoms with van der Waals surface area (Å²) in [4.78, 5) is 0. The van der Waals surface area contributed by atoms with Gasteiger partial charge in [-0.1, -0.05) is 72.8 Å². The van der Waals surface area contributed by atoms with Gasteiger partial charge in [-0.05, 0) is 47.5 Å². The van der Waals surface area contributed by atoms with E-state index in [1.54, 1.807) is 0 Å². The van der Waals surface area contributed by atoms with Crippen molar-refractivity contribution in [3.63, 3.8) is 0 Å². The molecule has 2 nitrogen and oxygen atoms in total. The lowest BCUT2D eigenvalue weighted by atomic mass is 10.1. The lowest BCUT2D eigenvalue weighted by Crippen LogP contribution is -1.98. The second-order valence-electron chi connectivity index (χ2n) is 7.10. The molecule has 2 heteroatoms. The first kappa shape index (κ1) is 15.3. The van der Waals surface area contributed by atoms with Crippen molar-refractivity contribution in [3.8, 4) is 22.5 Å². The van der Waals surface area contributed by atoms with Crippen LogP contribution in [0.4, 0.5) is 0 Å². The molecule has 0 fully saturated rings. The van der Waals surface area contributed by atoms with Crippen molar-refractivity contribution in [2.75, 3.05) is 0 Å². The van der Waals surface area contributed by atoms with Crippen LogP contribution in [0.2, 0.25) is 0 Å². The van der Waals surface area contributed by atoms with E-state index in [0.29, 0.717) is 0 Å². The lowest BCUT2D eigenvalue weighted by Gasteiger charge is -2.13. The molecule has 0 amide bonds. The first-order valence-electron chi connectivity index (χ1n) is 9.56. The Kier molecular flexibility index (Phi) is 3.20. The Bertz CT molecular complexity index is 1330. The van der Waals surface area contributed by atoms with Crippen LogP contribution in [0.25, 0.3) is 44.6 Å². The maximum atomic E-state index is 2.38. The summed E-state index contributed by atoms with van der Waals surface area (Å²) < 4.78 is 4.77. The van der Waals surface area contributed by atoms with E-state index >= 15 is 0 Å². The molecule has 0 unspecified atom stereocenters. The topological polar surface area (TPSA) is 8.82 Å². The summed E-state index contributed by atoms with van der Waals surface area (Å²) in [6, 6.07) is 38.8. The molecule has 6 rings (SSSR count). The summed E-state index contributed by atoms with van der Waals surface area (Å²) >= 11 is 0. The molecular formula is C26H18N2.